The molecule has 0 unspecified atom stereocenters. The molecule has 0 fully saturated rings. The van der Waals surface area contributed by atoms with E-state index in [4.69, 9.17) is 21.3 Å². The quantitative estimate of drug-likeness (QED) is 0.200. The standard InChI is InChI=1S/C34H28ClN3O2/c1-22-14-17-29-27(20-22)26(34(38-29)30-18-15-23-8-5-6-12-28(23)36-30)11-7-13-33(39)37-31-21-24(35)16-19-32(31)40-25-9-3-2-4-10-25/h2-6,8-10,12,14-21,38H,7,11,13H2,1H3,(H,37,39). The van der Waals surface area contributed by atoms with Gasteiger partial charge in [0.05, 0.1) is 22.6 Å². The van der Waals surface area contributed by atoms with E-state index in [0.29, 0.717) is 35.1 Å². The molecule has 198 valence electrons. The Bertz CT molecular complexity index is 1830. The molecule has 0 atom stereocenters. The van der Waals surface area contributed by atoms with Crippen molar-refractivity contribution in [2.75, 3.05) is 5.32 Å². The zero-order chi connectivity index (χ0) is 27.5. The normalized spacial score (nSPS) is 11.2. The first-order valence-electron chi connectivity index (χ1n) is 13.3. The maximum absolute atomic E-state index is 13.0. The van der Waals surface area contributed by atoms with Gasteiger partial charge in [-0.1, -0.05) is 65.7 Å². The monoisotopic (exact) mass is 545 g/mol. The number of hydrogen-bond donors (Lipinski definition) is 2. The summed E-state index contributed by atoms with van der Waals surface area (Å²) in [5.74, 6) is 1.13. The van der Waals surface area contributed by atoms with Gasteiger partial charge in [-0.2, -0.15) is 0 Å². The lowest BCUT2D eigenvalue weighted by Gasteiger charge is -2.13. The number of aromatic amines is 1. The fraction of sp³-hybridized carbons (Fsp3) is 0.118. The van der Waals surface area contributed by atoms with E-state index in [1.165, 1.54) is 16.5 Å². The Hall–Kier alpha value is -4.61. The van der Waals surface area contributed by atoms with E-state index < -0.39 is 0 Å². The Kier molecular flexibility index (Phi) is 7.21. The molecule has 0 saturated heterocycles. The number of para-hydroxylation sites is 2. The van der Waals surface area contributed by atoms with E-state index in [1.807, 2.05) is 48.5 Å². The second kappa shape index (κ2) is 11.2. The van der Waals surface area contributed by atoms with E-state index in [2.05, 4.69) is 53.6 Å². The van der Waals surface area contributed by atoms with E-state index in [0.717, 1.165) is 34.2 Å². The SMILES string of the molecule is Cc1ccc2[nH]c(-c3ccc4ccccc4n3)c(CCCC(=O)Nc3cc(Cl)ccc3Oc3ccccc3)c2c1. The van der Waals surface area contributed by atoms with Gasteiger partial charge < -0.3 is 15.0 Å². The topological polar surface area (TPSA) is 67.0 Å². The maximum Gasteiger partial charge on any atom is 0.224 e. The van der Waals surface area contributed by atoms with Crippen molar-refractivity contribution in [1.29, 1.82) is 0 Å². The lowest BCUT2D eigenvalue weighted by molar-refractivity contribution is -0.116. The highest BCUT2D eigenvalue weighted by Crippen LogP contribution is 2.34. The highest BCUT2D eigenvalue weighted by molar-refractivity contribution is 6.31. The summed E-state index contributed by atoms with van der Waals surface area (Å²) < 4.78 is 6.00. The van der Waals surface area contributed by atoms with Crippen LogP contribution >= 0.6 is 11.6 Å². The van der Waals surface area contributed by atoms with Gasteiger partial charge in [0.15, 0.2) is 5.75 Å². The van der Waals surface area contributed by atoms with Gasteiger partial charge in [0.2, 0.25) is 5.91 Å². The van der Waals surface area contributed by atoms with Crippen molar-refractivity contribution in [3.05, 3.63) is 119 Å². The molecule has 6 rings (SSSR count). The van der Waals surface area contributed by atoms with Gasteiger partial charge in [-0.3, -0.25) is 4.79 Å². The number of anilines is 1. The number of halogens is 1. The number of aromatic nitrogens is 2. The number of ether oxygens (including phenoxy) is 1. The van der Waals surface area contributed by atoms with E-state index in [-0.39, 0.29) is 5.91 Å². The zero-order valence-electron chi connectivity index (χ0n) is 22.1. The molecule has 0 aliphatic rings. The van der Waals surface area contributed by atoms with Crippen LogP contribution in [0.2, 0.25) is 5.02 Å². The fourth-order valence-corrected chi connectivity index (χ4v) is 5.16. The summed E-state index contributed by atoms with van der Waals surface area (Å²) in [6.07, 6.45) is 1.74. The van der Waals surface area contributed by atoms with Crippen LogP contribution in [-0.4, -0.2) is 15.9 Å². The summed E-state index contributed by atoms with van der Waals surface area (Å²) in [7, 11) is 0. The minimum atomic E-state index is -0.0958. The second-order valence-corrected chi connectivity index (χ2v) is 10.3. The Morgan fingerprint density at radius 3 is 2.62 bits per heavy atom. The molecule has 0 radical (unpaired) electrons. The summed E-state index contributed by atoms with van der Waals surface area (Å²) in [5, 5.41) is 5.79. The summed E-state index contributed by atoms with van der Waals surface area (Å²) in [4.78, 5) is 21.6. The van der Waals surface area contributed by atoms with Crippen LogP contribution in [0.15, 0.2) is 103 Å². The summed E-state index contributed by atoms with van der Waals surface area (Å²) in [6.45, 7) is 2.09. The fourth-order valence-electron chi connectivity index (χ4n) is 4.99. The molecule has 4 aromatic carbocycles. The molecule has 0 aliphatic carbocycles. The number of carbonyl (C=O) groups is 1. The van der Waals surface area contributed by atoms with Crippen LogP contribution < -0.4 is 10.1 Å². The number of H-pyrrole nitrogens is 1. The molecule has 40 heavy (non-hydrogen) atoms. The molecule has 0 aliphatic heterocycles. The number of carbonyl (C=O) groups excluding carboxylic acids is 1. The molecule has 6 heteroatoms. The molecule has 1 amide bonds. The third-order valence-corrected chi connectivity index (χ3v) is 7.17. The van der Waals surface area contributed by atoms with Crippen molar-refractivity contribution in [3.63, 3.8) is 0 Å². The highest BCUT2D eigenvalue weighted by atomic mass is 35.5. The minimum Gasteiger partial charge on any atom is -0.455 e. The lowest BCUT2D eigenvalue weighted by Crippen LogP contribution is -2.12. The first-order valence-corrected chi connectivity index (χ1v) is 13.7. The molecule has 2 N–H and O–H groups in total. The van der Waals surface area contributed by atoms with E-state index in [1.54, 1.807) is 18.2 Å². The largest absolute Gasteiger partial charge is 0.455 e. The number of fused-ring (bicyclic) bond motifs is 2. The number of hydrogen-bond acceptors (Lipinski definition) is 3. The van der Waals surface area contributed by atoms with Gasteiger partial charge in [-0.25, -0.2) is 4.98 Å². The Morgan fingerprint density at radius 1 is 0.925 bits per heavy atom. The van der Waals surface area contributed by atoms with Gasteiger partial charge in [0.1, 0.15) is 5.75 Å². The van der Waals surface area contributed by atoms with Crippen molar-refractivity contribution in [3.8, 4) is 22.9 Å². The van der Waals surface area contributed by atoms with Crippen LogP contribution in [-0.2, 0) is 11.2 Å². The molecule has 0 saturated carbocycles. The maximum atomic E-state index is 13.0. The van der Waals surface area contributed by atoms with Crippen LogP contribution in [0.5, 0.6) is 11.5 Å². The number of nitrogens with one attached hydrogen (secondary N) is 2. The molecule has 6 aromatic rings. The number of amides is 1. The number of nitrogens with zero attached hydrogens (tertiary/aromatic N) is 1. The van der Waals surface area contributed by atoms with Crippen LogP contribution in [0.3, 0.4) is 0 Å². The van der Waals surface area contributed by atoms with E-state index in [9.17, 15) is 4.79 Å². The number of aryl methyl sites for hydroxylation is 2. The molecule has 0 spiro atoms. The predicted octanol–water partition coefficient (Wildman–Crippen LogP) is 9.10. The summed E-state index contributed by atoms with van der Waals surface area (Å²) in [6, 6.07) is 33.4. The molecule has 2 heterocycles. The zero-order valence-corrected chi connectivity index (χ0v) is 22.8. The third kappa shape index (κ3) is 5.56. The van der Waals surface area contributed by atoms with Crippen molar-refractivity contribution in [1.82, 2.24) is 9.97 Å². The Morgan fingerprint density at radius 2 is 1.75 bits per heavy atom. The van der Waals surface area contributed by atoms with Crippen LogP contribution in [0, 0.1) is 6.92 Å². The van der Waals surface area contributed by atoms with E-state index >= 15 is 0 Å². The third-order valence-electron chi connectivity index (χ3n) is 6.93. The lowest BCUT2D eigenvalue weighted by atomic mass is 10.0. The van der Waals surface area contributed by atoms with Crippen LogP contribution in [0.4, 0.5) is 5.69 Å². The molecule has 5 nitrogen and oxygen atoms in total. The van der Waals surface area contributed by atoms with Crippen LogP contribution in [0.25, 0.3) is 33.2 Å². The van der Waals surface area contributed by atoms with Gasteiger partial charge in [-0.15, -0.1) is 0 Å². The van der Waals surface area contributed by atoms with Crippen molar-refractivity contribution in [2.45, 2.75) is 26.2 Å². The summed E-state index contributed by atoms with van der Waals surface area (Å²) >= 11 is 6.24. The Labute approximate surface area is 237 Å². The van der Waals surface area contributed by atoms with Gasteiger partial charge in [0, 0.05) is 27.7 Å². The number of benzene rings is 4. The number of rotatable bonds is 8. The van der Waals surface area contributed by atoms with Crippen molar-refractivity contribution >= 4 is 45.0 Å². The predicted molar refractivity (Wildman–Crippen MR) is 163 cm³/mol. The molecule has 2 aromatic heterocycles. The van der Waals surface area contributed by atoms with Gasteiger partial charge in [0.25, 0.3) is 0 Å². The van der Waals surface area contributed by atoms with Gasteiger partial charge in [-0.05, 0) is 79.9 Å². The molecular weight excluding hydrogens is 518 g/mol. The second-order valence-electron chi connectivity index (χ2n) is 9.87. The van der Waals surface area contributed by atoms with Crippen molar-refractivity contribution in [2.24, 2.45) is 0 Å². The first kappa shape index (κ1) is 25.7. The average molecular weight is 546 g/mol. The van der Waals surface area contributed by atoms with Crippen molar-refractivity contribution < 1.29 is 9.53 Å². The first-order chi connectivity index (χ1) is 19.5. The smallest absolute Gasteiger partial charge is 0.224 e. The van der Waals surface area contributed by atoms with Crippen LogP contribution in [0.1, 0.15) is 24.0 Å². The molecule has 0 bridgehead atoms. The minimum absolute atomic E-state index is 0.0958. The average Bonchev–Trinajstić information content (AvgIpc) is 3.32. The highest BCUT2D eigenvalue weighted by Gasteiger charge is 2.16. The molecular formula is C34H28ClN3O2. The number of pyridine rings is 1. The Balaban J connectivity index is 1.21. The van der Waals surface area contributed by atoms with Gasteiger partial charge >= 0.3 is 0 Å². The summed E-state index contributed by atoms with van der Waals surface area (Å²) in [5.41, 5.74) is 6.83.